The summed E-state index contributed by atoms with van der Waals surface area (Å²) < 4.78 is 18.1. The molecule has 5 N–H and O–H groups in total. The molecule has 14 atom stereocenters. The van der Waals surface area contributed by atoms with E-state index in [-0.39, 0.29) is 45.9 Å². The van der Waals surface area contributed by atoms with Crippen LogP contribution in [0, 0.1) is 38.9 Å². The van der Waals surface area contributed by atoms with E-state index in [4.69, 9.17) is 14.2 Å². The van der Waals surface area contributed by atoms with E-state index >= 15 is 0 Å². The molecule has 10 nitrogen and oxygen atoms in total. The van der Waals surface area contributed by atoms with Gasteiger partial charge in [0.25, 0.3) is 0 Å². The third-order valence-electron chi connectivity index (χ3n) is 15.6. The van der Waals surface area contributed by atoms with Crippen molar-refractivity contribution in [2.24, 2.45) is 38.9 Å². The largest absolute Gasteiger partial charge is 0.455 e. The summed E-state index contributed by atoms with van der Waals surface area (Å²) in [5.74, 6) is 0.0375. The number of fused-ring (bicyclic) bond motifs is 7. The molecule has 46 heavy (non-hydrogen) atoms. The van der Waals surface area contributed by atoms with Gasteiger partial charge in [0.1, 0.15) is 35.6 Å². The van der Waals surface area contributed by atoms with Crippen molar-refractivity contribution in [3.8, 4) is 0 Å². The monoisotopic (exact) mass is 646 g/mol. The molecular formula is C36H54O10. The van der Waals surface area contributed by atoms with Gasteiger partial charge in [-0.2, -0.15) is 0 Å². The summed E-state index contributed by atoms with van der Waals surface area (Å²) in [6.45, 7) is 14.3. The Morgan fingerprint density at radius 3 is 2.15 bits per heavy atom. The highest BCUT2D eigenvalue weighted by Gasteiger charge is 2.75. The zero-order valence-corrected chi connectivity index (χ0v) is 28.5. The number of rotatable bonds is 3. The Labute approximate surface area is 271 Å². The summed E-state index contributed by atoms with van der Waals surface area (Å²) in [6.07, 6.45) is -0.905. The van der Waals surface area contributed by atoms with Crippen LogP contribution in [0.5, 0.6) is 0 Å². The summed E-state index contributed by atoms with van der Waals surface area (Å²) in [4.78, 5) is 28.2. The lowest BCUT2D eigenvalue weighted by atomic mass is 9.33. The summed E-state index contributed by atoms with van der Waals surface area (Å²) in [6, 6.07) is 0. The van der Waals surface area contributed by atoms with E-state index in [1.165, 1.54) is 0 Å². The van der Waals surface area contributed by atoms with Crippen molar-refractivity contribution in [1.82, 2.24) is 0 Å². The van der Waals surface area contributed by atoms with Crippen LogP contribution in [-0.2, 0) is 23.8 Å². The van der Waals surface area contributed by atoms with E-state index in [2.05, 4.69) is 34.6 Å². The molecular weight excluding hydrogens is 592 g/mol. The van der Waals surface area contributed by atoms with Gasteiger partial charge < -0.3 is 39.7 Å². The van der Waals surface area contributed by atoms with Crippen LogP contribution < -0.4 is 0 Å². The van der Waals surface area contributed by atoms with Crippen LogP contribution in [0.25, 0.3) is 0 Å². The summed E-state index contributed by atoms with van der Waals surface area (Å²) >= 11 is 0. The Bertz CT molecular complexity index is 1370. The van der Waals surface area contributed by atoms with Gasteiger partial charge in [-0.25, -0.2) is 0 Å². The van der Waals surface area contributed by atoms with E-state index in [9.17, 15) is 35.1 Å². The topological polar surface area (TPSA) is 163 Å². The molecule has 3 unspecified atom stereocenters. The fourth-order valence-corrected chi connectivity index (χ4v) is 12.4. The smallest absolute Gasteiger partial charge is 0.317 e. The summed E-state index contributed by atoms with van der Waals surface area (Å²) in [5.41, 5.74) is -3.39. The molecule has 2 bridgehead atoms. The van der Waals surface area contributed by atoms with Crippen molar-refractivity contribution >= 4 is 11.8 Å². The third kappa shape index (κ3) is 3.78. The molecule has 1 spiro atoms. The average Bonchev–Trinajstić information content (AvgIpc) is 2.97. The molecule has 0 aromatic heterocycles. The van der Waals surface area contributed by atoms with Gasteiger partial charge in [0.05, 0.1) is 18.1 Å². The van der Waals surface area contributed by atoms with Gasteiger partial charge in [-0.15, -0.1) is 0 Å². The van der Waals surface area contributed by atoms with Crippen LogP contribution >= 0.6 is 0 Å². The Balaban J connectivity index is 1.23. The molecule has 3 aliphatic heterocycles. The lowest BCUT2D eigenvalue weighted by Crippen LogP contribution is -2.72. The molecule has 0 amide bonds. The van der Waals surface area contributed by atoms with Gasteiger partial charge >= 0.3 is 5.97 Å². The first-order chi connectivity index (χ1) is 21.2. The Kier molecular flexibility index (Phi) is 7.09. The molecule has 0 radical (unpaired) electrons. The van der Waals surface area contributed by atoms with Gasteiger partial charge in [0.15, 0.2) is 12.1 Å². The number of allylic oxidation sites excluding steroid dienone is 1. The highest BCUT2D eigenvalue weighted by atomic mass is 16.7. The Morgan fingerprint density at radius 2 is 1.50 bits per heavy atom. The van der Waals surface area contributed by atoms with Crippen molar-refractivity contribution in [3.05, 3.63) is 11.1 Å². The number of carbonyl (C=O) groups is 2. The fourth-order valence-electron chi connectivity index (χ4n) is 12.4. The molecule has 0 aromatic carbocycles. The van der Waals surface area contributed by atoms with Crippen LogP contribution in [0.1, 0.15) is 106 Å². The number of carbonyl (C=O) groups excluding carboxylic acids is 2. The maximum absolute atomic E-state index is 14.7. The molecule has 3 saturated heterocycles. The van der Waals surface area contributed by atoms with E-state index in [1.54, 1.807) is 6.92 Å². The predicted octanol–water partition coefficient (Wildman–Crippen LogP) is 2.95. The number of ketones is 1. The zero-order valence-electron chi connectivity index (χ0n) is 28.5. The first-order valence-electron chi connectivity index (χ1n) is 17.5. The molecule has 3 heterocycles. The standard InChI is InChI=1S/C36H54O10/c1-30(2)20-8-11-32(4)21(31(20,3)10-9-22(30)45-28-26(41)25(40)24(39)19(17-37)44-28)16-18(38)23-27-35(7,43)34(6)13-15-36(27,29(42)46-34)14-12-33(23,32)5/h19-22,24-26,28,37,39-41,43H,8-17H2,1-7H3/t19-,20?,21?,22+,24-,25+,26-,28+,31+,32-,33-,34+,35+,36?/m1/s1. The minimum absolute atomic E-state index is 0.0580. The Morgan fingerprint density at radius 1 is 0.826 bits per heavy atom. The zero-order chi connectivity index (χ0) is 33.6. The lowest BCUT2D eigenvalue weighted by Gasteiger charge is -2.71. The van der Waals surface area contributed by atoms with Crippen molar-refractivity contribution < 1.29 is 49.3 Å². The van der Waals surface area contributed by atoms with Crippen LogP contribution in [0.3, 0.4) is 0 Å². The predicted molar refractivity (Wildman–Crippen MR) is 165 cm³/mol. The van der Waals surface area contributed by atoms with Gasteiger partial charge in [-0.05, 0) is 98.9 Å². The molecule has 0 aromatic rings. The average molecular weight is 647 g/mol. The number of Topliss-reactive ketones (excluding diaryl/α,β-unsaturated/α-hetero) is 1. The minimum atomic E-state index is -1.50. The summed E-state index contributed by atoms with van der Waals surface area (Å²) in [7, 11) is 0. The maximum atomic E-state index is 14.7. The van der Waals surface area contributed by atoms with Crippen molar-refractivity contribution in [3.63, 3.8) is 0 Å². The third-order valence-corrected chi connectivity index (χ3v) is 15.6. The SMILES string of the molecule is CC1(C)C2CC[C@]3(C)C(CC(=O)C4=C5C6(CC[C@](C)(OC6=O)[C@@]5(C)O)CC[C@]43C)[C@@]2(C)CC[C@@H]1O[C@@H]1O[C@H](CO)[C@@H](O)[C@H](O)[C@H]1O. The molecule has 8 aliphatic rings. The van der Waals surface area contributed by atoms with Gasteiger partial charge in [0, 0.05) is 17.4 Å². The Hall–Kier alpha value is -1.40. The number of hydrogen-bond acceptors (Lipinski definition) is 10. The van der Waals surface area contributed by atoms with Crippen molar-refractivity contribution in [1.29, 1.82) is 0 Å². The highest BCUT2D eigenvalue weighted by molar-refractivity contribution is 6.02. The quantitative estimate of drug-likeness (QED) is 0.228. The van der Waals surface area contributed by atoms with E-state index in [0.717, 1.165) is 19.3 Å². The number of aliphatic hydroxyl groups excluding tert-OH is 4. The maximum Gasteiger partial charge on any atom is 0.317 e. The van der Waals surface area contributed by atoms with Gasteiger partial charge in [-0.1, -0.05) is 34.6 Å². The first kappa shape index (κ1) is 33.1. The molecule has 7 fully saturated rings. The second-order valence-corrected chi connectivity index (χ2v) is 17.7. The van der Waals surface area contributed by atoms with E-state index in [0.29, 0.717) is 49.7 Å². The highest BCUT2D eigenvalue weighted by Crippen LogP contribution is 2.76. The molecule has 4 saturated carbocycles. The van der Waals surface area contributed by atoms with Crippen LogP contribution in [0.4, 0.5) is 0 Å². The number of hydrogen-bond donors (Lipinski definition) is 5. The number of aliphatic hydroxyl groups is 5. The van der Waals surface area contributed by atoms with E-state index < -0.39 is 59.3 Å². The van der Waals surface area contributed by atoms with Crippen molar-refractivity contribution in [2.45, 2.75) is 154 Å². The number of ether oxygens (including phenoxy) is 3. The molecule has 5 aliphatic carbocycles. The minimum Gasteiger partial charge on any atom is -0.455 e. The second kappa shape index (κ2) is 9.86. The fraction of sp³-hybridized carbons (Fsp3) is 0.889. The normalized spacial score (nSPS) is 56.0. The van der Waals surface area contributed by atoms with Gasteiger partial charge in [0.2, 0.25) is 0 Å². The van der Waals surface area contributed by atoms with Gasteiger partial charge in [-0.3, -0.25) is 9.59 Å². The summed E-state index contributed by atoms with van der Waals surface area (Å²) in [5, 5.41) is 53.2. The first-order valence-corrected chi connectivity index (χ1v) is 17.5. The van der Waals surface area contributed by atoms with E-state index in [1.807, 2.05) is 6.92 Å². The molecule has 8 rings (SSSR count). The lowest BCUT2D eigenvalue weighted by molar-refractivity contribution is -0.330. The van der Waals surface area contributed by atoms with Crippen LogP contribution in [0.15, 0.2) is 11.1 Å². The van der Waals surface area contributed by atoms with Crippen LogP contribution in [0.2, 0.25) is 0 Å². The molecule has 258 valence electrons. The van der Waals surface area contributed by atoms with Crippen molar-refractivity contribution in [2.75, 3.05) is 6.61 Å². The molecule has 10 heteroatoms. The van der Waals surface area contributed by atoms with Crippen LogP contribution in [-0.4, -0.2) is 91.9 Å². The number of esters is 1. The second-order valence-electron chi connectivity index (χ2n) is 17.7.